The lowest BCUT2D eigenvalue weighted by atomic mass is 10.0. The SMILES string of the molecule is CSCC[C@H](NC(=O)NC(CN(C)C)C(C)C)C(=O)O. The number of likely N-dealkylation sites (N-methyl/N-ethyl adjacent to an activating group) is 1. The molecule has 0 aromatic heterocycles. The average Bonchev–Trinajstić information content (AvgIpc) is 2.32. The van der Waals surface area contributed by atoms with Gasteiger partial charge in [0, 0.05) is 12.6 Å². The molecule has 0 radical (unpaired) electrons. The number of hydrogen-bond donors (Lipinski definition) is 3. The molecule has 0 saturated carbocycles. The van der Waals surface area contributed by atoms with Crippen LogP contribution in [0.3, 0.4) is 0 Å². The maximum absolute atomic E-state index is 11.9. The first-order valence-corrected chi connectivity index (χ1v) is 8.10. The number of carbonyl (C=O) groups excluding carboxylic acids is 1. The quantitative estimate of drug-likeness (QED) is 0.594. The molecule has 0 aromatic rings. The van der Waals surface area contributed by atoms with Gasteiger partial charge in [0.05, 0.1) is 0 Å². The molecule has 1 unspecified atom stereocenters. The fourth-order valence-corrected chi connectivity index (χ4v) is 2.15. The maximum Gasteiger partial charge on any atom is 0.326 e. The van der Waals surface area contributed by atoms with E-state index in [9.17, 15) is 9.59 Å². The molecule has 118 valence electrons. The summed E-state index contributed by atoms with van der Waals surface area (Å²) >= 11 is 1.56. The zero-order valence-corrected chi connectivity index (χ0v) is 13.8. The predicted octanol–water partition coefficient (Wildman–Crippen LogP) is 1.08. The summed E-state index contributed by atoms with van der Waals surface area (Å²) in [5.74, 6) is -0.0248. The first kappa shape index (κ1) is 19.1. The van der Waals surface area contributed by atoms with Crippen LogP contribution in [0.2, 0.25) is 0 Å². The Hall–Kier alpha value is -0.950. The first-order valence-electron chi connectivity index (χ1n) is 6.71. The molecule has 0 aliphatic carbocycles. The smallest absolute Gasteiger partial charge is 0.326 e. The monoisotopic (exact) mass is 305 g/mol. The van der Waals surface area contributed by atoms with Crippen molar-refractivity contribution in [3.63, 3.8) is 0 Å². The normalized spacial score (nSPS) is 14.2. The van der Waals surface area contributed by atoms with Gasteiger partial charge in [-0.25, -0.2) is 9.59 Å². The molecule has 0 rings (SSSR count). The van der Waals surface area contributed by atoms with Gasteiger partial charge < -0.3 is 20.6 Å². The van der Waals surface area contributed by atoms with Crippen LogP contribution >= 0.6 is 11.8 Å². The summed E-state index contributed by atoms with van der Waals surface area (Å²) in [4.78, 5) is 25.0. The number of aliphatic carboxylic acids is 1. The molecule has 20 heavy (non-hydrogen) atoms. The van der Waals surface area contributed by atoms with Crippen molar-refractivity contribution in [3.05, 3.63) is 0 Å². The van der Waals surface area contributed by atoms with Gasteiger partial charge in [0.25, 0.3) is 0 Å². The number of urea groups is 1. The van der Waals surface area contributed by atoms with Crippen molar-refractivity contribution in [2.45, 2.75) is 32.4 Å². The Morgan fingerprint density at radius 3 is 2.25 bits per heavy atom. The van der Waals surface area contributed by atoms with Crippen LogP contribution in [0.15, 0.2) is 0 Å². The number of hydrogen-bond acceptors (Lipinski definition) is 4. The number of carboxylic acid groups (broad SMARTS) is 1. The highest BCUT2D eigenvalue weighted by Gasteiger charge is 2.22. The van der Waals surface area contributed by atoms with Crippen molar-refractivity contribution < 1.29 is 14.7 Å². The van der Waals surface area contributed by atoms with Gasteiger partial charge in [0.1, 0.15) is 6.04 Å². The minimum absolute atomic E-state index is 0.0139. The molecule has 7 heteroatoms. The molecule has 3 N–H and O–H groups in total. The number of thioether (sulfide) groups is 1. The Balaban J connectivity index is 4.44. The van der Waals surface area contributed by atoms with Gasteiger partial charge in [-0.05, 0) is 38.4 Å². The second-order valence-corrected chi connectivity index (χ2v) is 6.39. The van der Waals surface area contributed by atoms with E-state index in [0.29, 0.717) is 18.7 Å². The molecule has 0 aliphatic rings. The van der Waals surface area contributed by atoms with Crippen molar-refractivity contribution in [3.8, 4) is 0 Å². The number of carbonyl (C=O) groups is 2. The lowest BCUT2D eigenvalue weighted by molar-refractivity contribution is -0.139. The zero-order chi connectivity index (χ0) is 15.7. The van der Waals surface area contributed by atoms with E-state index in [0.717, 1.165) is 0 Å². The Labute approximate surface area is 125 Å². The van der Waals surface area contributed by atoms with Crippen LogP contribution in [0.5, 0.6) is 0 Å². The molecular formula is C13H27N3O3S. The van der Waals surface area contributed by atoms with Gasteiger partial charge in [-0.15, -0.1) is 0 Å². The van der Waals surface area contributed by atoms with Gasteiger partial charge in [0.2, 0.25) is 0 Å². The molecule has 0 aliphatic heterocycles. The third-order valence-corrected chi connectivity index (χ3v) is 3.54. The molecule has 0 spiro atoms. The van der Waals surface area contributed by atoms with E-state index in [-0.39, 0.29) is 12.0 Å². The highest BCUT2D eigenvalue weighted by molar-refractivity contribution is 7.98. The Morgan fingerprint density at radius 2 is 1.85 bits per heavy atom. The van der Waals surface area contributed by atoms with Gasteiger partial charge in [-0.3, -0.25) is 0 Å². The maximum atomic E-state index is 11.9. The van der Waals surface area contributed by atoms with Crippen molar-refractivity contribution in [2.75, 3.05) is 32.6 Å². The Bertz CT molecular complexity index is 311. The molecule has 0 aromatic carbocycles. The molecule has 0 heterocycles. The molecule has 0 saturated heterocycles. The third kappa shape index (κ3) is 8.27. The zero-order valence-electron chi connectivity index (χ0n) is 13.0. The Morgan fingerprint density at radius 1 is 1.25 bits per heavy atom. The van der Waals surface area contributed by atoms with Crippen molar-refractivity contribution in [2.24, 2.45) is 5.92 Å². The standard InChI is InChI=1S/C13H27N3O3S/c1-9(2)11(8-16(3)4)15-13(19)14-10(12(17)18)6-7-20-5/h9-11H,6-8H2,1-5H3,(H,17,18)(H2,14,15,19)/t10-,11?/m0/s1. The van der Waals surface area contributed by atoms with Crippen LogP contribution in [0, 0.1) is 5.92 Å². The van der Waals surface area contributed by atoms with Crippen LogP contribution < -0.4 is 10.6 Å². The fourth-order valence-electron chi connectivity index (χ4n) is 1.68. The van der Waals surface area contributed by atoms with Gasteiger partial charge in [0.15, 0.2) is 0 Å². The number of nitrogens with zero attached hydrogens (tertiary/aromatic N) is 1. The van der Waals surface area contributed by atoms with Crippen molar-refractivity contribution in [1.29, 1.82) is 0 Å². The minimum atomic E-state index is -0.997. The molecule has 2 atom stereocenters. The third-order valence-electron chi connectivity index (χ3n) is 2.90. The molecule has 2 amide bonds. The molecule has 0 fully saturated rings. The van der Waals surface area contributed by atoms with E-state index < -0.39 is 18.0 Å². The van der Waals surface area contributed by atoms with Gasteiger partial charge in [-0.1, -0.05) is 13.8 Å². The molecule has 0 bridgehead atoms. The Kier molecular flexibility index (Phi) is 9.41. The van der Waals surface area contributed by atoms with Crippen molar-refractivity contribution >= 4 is 23.8 Å². The van der Waals surface area contributed by atoms with E-state index in [2.05, 4.69) is 10.6 Å². The lowest BCUT2D eigenvalue weighted by Crippen LogP contribution is -2.52. The summed E-state index contributed by atoms with van der Waals surface area (Å²) in [6, 6.07) is -1.27. The molecule has 6 nitrogen and oxygen atoms in total. The fraction of sp³-hybridized carbons (Fsp3) is 0.846. The minimum Gasteiger partial charge on any atom is -0.480 e. The van der Waals surface area contributed by atoms with Gasteiger partial charge in [-0.2, -0.15) is 11.8 Å². The summed E-state index contributed by atoms with van der Waals surface area (Å²) in [5.41, 5.74) is 0. The highest BCUT2D eigenvalue weighted by atomic mass is 32.2. The second-order valence-electron chi connectivity index (χ2n) is 5.40. The van der Waals surface area contributed by atoms with E-state index in [4.69, 9.17) is 5.11 Å². The summed E-state index contributed by atoms with van der Waals surface area (Å²) in [6.45, 7) is 4.77. The number of amides is 2. The van der Waals surface area contributed by atoms with E-state index >= 15 is 0 Å². The lowest BCUT2D eigenvalue weighted by Gasteiger charge is -2.26. The van der Waals surface area contributed by atoms with Crippen LogP contribution in [0.25, 0.3) is 0 Å². The number of rotatable bonds is 9. The topological polar surface area (TPSA) is 81.7 Å². The summed E-state index contributed by atoms with van der Waals surface area (Å²) in [5, 5.41) is 14.5. The number of nitrogens with one attached hydrogen (secondary N) is 2. The number of carboxylic acids is 1. The average molecular weight is 305 g/mol. The van der Waals surface area contributed by atoms with E-state index in [1.807, 2.05) is 39.1 Å². The summed E-state index contributed by atoms with van der Waals surface area (Å²) < 4.78 is 0. The largest absolute Gasteiger partial charge is 0.480 e. The van der Waals surface area contributed by atoms with E-state index in [1.165, 1.54) is 0 Å². The van der Waals surface area contributed by atoms with Crippen LogP contribution in [-0.2, 0) is 4.79 Å². The van der Waals surface area contributed by atoms with Crippen LogP contribution in [-0.4, -0.2) is 66.7 Å². The molecular weight excluding hydrogens is 278 g/mol. The van der Waals surface area contributed by atoms with Crippen LogP contribution in [0.4, 0.5) is 4.79 Å². The summed E-state index contributed by atoms with van der Waals surface area (Å²) in [7, 11) is 3.88. The first-order chi connectivity index (χ1) is 9.27. The predicted molar refractivity (Wildman–Crippen MR) is 83.3 cm³/mol. The highest BCUT2D eigenvalue weighted by Crippen LogP contribution is 2.04. The second kappa shape index (κ2) is 9.88. The van der Waals surface area contributed by atoms with E-state index in [1.54, 1.807) is 11.8 Å². The summed E-state index contributed by atoms with van der Waals surface area (Å²) in [6.07, 6.45) is 2.33. The van der Waals surface area contributed by atoms with Gasteiger partial charge >= 0.3 is 12.0 Å². The van der Waals surface area contributed by atoms with Crippen LogP contribution in [0.1, 0.15) is 20.3 Å². The van der Waals surface area contributed by atoms with Crippen molar-refractivity contribution in [1.82, 2.24) is 15.5 Å².